The molecule has 1 aliphatic rings. The number of nitrogens with two attached hydrogens (primary N) is 1. The lowest BCUT2D eigenvalue weighted by Gasteiger charge is -2.16. The van der Waals surface area contributed by atoms with Gasteiger partial charge in [0.1, 0.15) is 6.54 Å². The smallest absolute Gasteiger partial charge is 0.352 e. The van der Waals surface area contributed by atoms with Crippen molar-refractivity contribution in [2.75, 3.05) is 11.6 Å². The van der Waals surface area contributed by atoms with Gasteiger partial charge in [-0.2, -0.15) is 9.78 Å². The number of nitrogens with zero attached hydrogens (tertiary/aromatic N) is 5. The van der Waals surface area contributed by atoms with Crippen LogP contribution in [0.5, 0.6) is 0 Å². The van der Waals surface area contributed by atoms with Crippen LogP contribution in [0.2, 0.25) is 0 Å². The van der Waals surface area contributed by atoms with Gasteiger partial charge in [0, 0.05) is 5.92 Å². The summed E-state index contributed by atoms with van der Waals surface area (Å²) in [5, 5.41) is 11.2. The maximum atomic E-state index is 13.3. The Bertz CT molecular complexity index is 1450. The molecule has 0 spiro atoms. The van der Waals surface area contributed by atoms with Crippen LogP contribution < -0.4 is 16.4 Å². The molecule has 176 valence electrons. The first-order chi connectivity index (χ1) is 16.9. The van der Waals surface area contributed by atoms with Crippen LogP contribution >= 0.6 is 0 Å². The molecule has 0 saturated heterocycles. The van der Waals surface area contributed by atoms with Crippen molar-refractivity contribution in [1.82, 2.24) is 14.3 Å². The topological polar surface area (TPSA) is 98.5 Å². The third kappa shape index (κ3) is 4.38. The third-order valence-corrected chi connectivity index (χ3v) is 6.13. The van der Waals surface area contributed by atoms with Gasteiger partial charge in [-0.25, -0.2) is 14.4 Å². The van der Waals surface area contributed by atoms with E-state index in [0.717, 1.165) is 28.0 Å². The fourth-order valence-electron chi connectivity index (χ4n) is 4.28. The van der Waals surface area contributed by atoms with Crippen LogP contribution in [-0.4, -0.2) is 32.5 Å². The largest absolute Gasteiger partial charge is 0.368 e. The van der Waals surface area contributed by atoms with Crippen LogP contribution in [0.15, 0.2) is 88.8 Å². The average Bonchev–Trinajstić information content (AvgIpc) is 3.43. The number of benzene rings is 3. The van der Waals surface area contributed by atoms with Gasteiger partial charge in [-0.1, -0.05) is 77.9 Å². The number of carbonyl (C=O) groups excluding carboxylic acids is 1. The maximum absolute atomic E-state index is 13.3. The fourth-order valence-corrected chi connectivity index (χ4v) is 4.28. The number of primary amides is 1. The molecule has 2 N–H and O–H groups in total. The summed E-state index contributed by atoms with van der Waals surface area (Å²) in [5.74, 6) is -0.392. The van der Waals surface area contributed by atoms with Gasteiger partial charge < -0.3 is 5.73 Å². The van der Waals surface area contributed by atoms with Gasteiger partial charge in [0.15, 0.2) is 0 Å². The Labute approximate surface area is 202 Å². The number of hydrogen-bond acceptors (Lipinski definition) is 5. The molecule has 1 aliphatic heterocycles. The Morgan fingerprint density at radius 3 is 2.20 bits per heavy atom. The van der Waals surface area contributed by atoms with Crippen molar-refractivity contribution in [2.24, 2.45) is 10.8 Å². The van der Waals surface area contributed by atoms with Gasteiger partial charge in [-0.05, 0) is 37.1 Å². The zero-order valence-corrected chi connectivity index (χ0v) is 19.6. The SMILES string of the molecule is Cc1ccc(C2=NN(c3nn(-c4ccc(C)cc4)c(=O)n3CC(N)=O)C[C@H]2c2ccccc2)cc1. The van der Waals surface area contributed by atoms with Crippen LogP contribution in [0.4, 0.5) is 5.95 Å². The van der Waals surface area contributed by atoms with E-state index in [-0.39, 0.29) is 18.4 Å². The molecule has 5 rings (SSSR count). The second kappa shape index (κ2) is 9.06. The van der Waals surface area contributed by atoms with E-state index in [0.29, 0.717) is 12.2 Å². The van der Waals surface area contributed by atoms with Crippen molar-refractivity contribution < 1.29 is 4.79 Å². The Kier molecular flexibility index (Phi) is 5.78. The highest BCUT2D eigenvalue weighted by Gasteiger charge is 2.33. The lowest BCUT2D eigenvalue weighted by molar-refractivity contribution is -0.118. The number of amides is 1. The summed E-state index contributed by atoms with van der Waals surface area (Å²) < 4.78 is 2.57. The highest BCUT2D eigenvalue weighted by Crippen LogP contribution is 2.31. The monoisotopic (exact) mass is 466 g/mol. The van der Waals surface area contributed by atoms with E-state index in [9.17, 15) is 9.59 Å². The van der Waals surface area contributed by atoms with E-state index in [4.69, 9.17) is 10.8 Å². The van der Waals surface area contributed by atoms with Crippen molar-refractivity contribution in [3.63, 3.8) is 0 Å². The normalized spacial score (nSPS) is 15.3. The van der Waals surface area contributed by atoms with Crippen molar-refractivity contribution in [1.29, 1.82) is 0 Å². The first-order valence-corrected chi connectivity index (χ1v) is 11.4. The van der Waals surface area contributed by atoms with E-state index >= 15 is 0 Å². The number of aryl methyl sites for hydroxylation is 2. The molecule has 0 fully saturated rings. The fraction of sp³-hybridized carbons (Fsp3) is 0.185. The maximum Gasteiger partial charge on any atom is 0.352 e. The standard InChI is InChI=1S/C27H26N6O2/c1-18-8-12-21(13-9-18)25-23(20-6-4-3-5-7-20)16-32(29-25)26-30-33(22-14-10-19(2)11-15-22)27(35)31(26)17-24(28)34/h3-15,23H,16-17H2,1-2H3,(H2,28,34)/t23-/m0/s1. The van der Waals surface area contributed by atoms with Gasteiger partial charge in [0.2, 0.25) is 11.9 Å². The molecule has 3 aromatic carbocycles. The van der Waals surface area contributed by atoms with Crippen molar-refractivity contribution in [2.45, 2.75) is 26.3 Å². The molecule has 0 bridgehead atoms. The van der Waals surface area contributed by atoms with Crippen molar-refractivity contribution in [3.05, 3.63) is 112 Å². The molecule has 8 nitrogen and oxygen atoms in total. The number of hydrazone groups is 1. The Morgan fingerprint density at radius 2 is 1.57 bits per heavy atom. The van der Waals surface area contributed by atoms with E-state index in [1.807, 2.05) is 56.3 Å². The predicted molar refractivity (Wildman–Crippen MR) is 136 cm³/mol. The lowest BCUT2D eigenvalue weighted by atomic mass is 9.90. The summed E-state index contributed by atoms with van der Waals surface area (Å²) in [5.41, 5.74) is 10.8. The second-order valence-corrected chi connectivity index (χ2v) is 8.78. The van der Waals surface area contributed by atoms with E-state index in [1.54, 1.807) is 5.01 Å². The summed E-state index contributed by atoms with van der Waals surface area (Å²) >= 11 is 0. The summed E-state index contributed by atoms with van der Waals surface area (Å²) in [6.07, 6.45) is 0. The number of anilines is 1. The van der Waals surface area contributed by atoms with E-state index in [1.165, 1.54) is 9.25 Å². The first-order valence-electron chi connectivity index (χ1n) is 11.4. The molecular weight excluding hydrogens is 440 g/mol. The molecule has 1 amide bonds. The van der Waals surface area contributed by atoms with E-state index < -0.39 is 11.6 Å². The lowest BCUT2D eigenvalue weighted by Crippen LogP contribution is -2.31. The minimum atomic E-state index is -0.627. The minimum absolute atomic E-state index is 0.0411. The number of hydrogen-bond donors (Lipinski definition) is 1. The zero-order chi connectivity index (χ0) is 24.5. The van der Waals surface area contributed by atoms with Gasteiger partial charge in [-0.15, -0.1) is 5.10 Å². The number of aromatic nitrogens is 3. The summed E-state index contributed by atoms with van der Waals surface area (Å²) in [6.45, 7) is 4.19. The van der Waals surface area contributed by atoms with Crippen LogP contribution in [0.25, 0.3) is 5.69 Å². The molecule has 4 aromatic rings. The van der Waals surface area contributed by atoms with Gasteiger partial charge in [-0.3, -0.25) is 4.79 Å². The number of rotatable bonds is 6. The molecule has 0 saturated carbocycles. The third-order valence-electron chi connectivity index (χ3n) is 6.13. The molecule has 35 heavy (non-hydrogen) atoms. The van der Waals surface area contributed by atoms with Crippen molar-refractivity contribution >= 4 is 17.6 Å². The summed E-state index contributed by atoms with van der Waals surface area (Å²) in [4.78, 5) is 25.1. The molecular formula is C27H26N6O2. The Hall–Kier alpha value is -4.46. The summed E-state index contributed by atoms with van der Waals surface area (Å²) in [7, 11) is 0. The Balaban J connectivity index is 1.63. The highest BCUT2D eigenvalue weighted by molar-refractivity contribution is 6.07. The molecule has 2 heterocycles. The van der Waals surface area contributed by atoms with E-state index in [2.05, 4.69) is 41.5 Å². The van der Waals surface area contributed by atoms with Crippen LogP contribution in [0, 0.1) is 13.8 Å². The van der Waals surface area contributed by atoms with Gasteiger partial charge >= 0.3 is 5.69 Å². The van der Waals surface area contributed by atoms with Crippen molar-refractivity contribution in [3.8, 4) is 5.69 Å². The molecule has 0 unspecified atom stereocenters. The molecule has 0 radical (unpaired) electrons. The highest BCUT2D eigenvalue weighted by atomic mass is 16.2. The molecule has 1 atom stereocenters. The summed E-state index contributed by atoms with van der Waals surface area (Å²) in [6, 6.07) is 25.8. The minimum Gasteiger partial charge on any atom is -0.368 e. The van der Waals surface area contributed by atoms with Crippen LogP contribution in [0.1, 0.15) is 28.2 Å². The quantitative estimate of drug-likeness (QED) is 0.472. The second-order valence-electron chi connectivity index (χ2n) is 8.78. The molecule has 0 aliphatic carbocycles. The predicted octanol–water partition coefficient (Wildman–Crippen LogP) is 3.14. The van der Waals surface area contributed by atoms with Gasteiger partial charge in [0.05, 0.1) is 17.9 Å². The van der Waals surface area contributed by atoms with Crippen LogP contribution in [0.3, 0.4) is 0 Å². The zero-order valence-electron chi connectivity index (χ0n) is 19.6. The first kappa shape index (κ1) is 22.3. The van der Waals surface area contributed by atoms with Crippen LogP contribution in [-0.2, 0) is 11.3 Å². The van der Waals surface area contributed by atoms with Gasteiger partial charge in [0.25, 0.3) is 0 Å². The molecule has 8 heteroatoms. The average molecular weight is 467 g/mol. The Morgan fingerprint density at radius 1 is 0.943 bits per heavy atom. The number of carbonyl (C=O) groups is 1. The molecule has 1 aromatic heterocycles.